The predicted octanol–water partition coefficient (Wildman–Crippen LogP) is 6.33. The van der Waals surface area contributed by atoms with Crippen LogP contribution in [0.1, 0.15) is 49.7 Å². The molecule has 0 aliphatic heterocycles. The van der Waals surface area contributed by atoms with Crippen LogP contribution in [0.2, 0.25) is 0 Å². The van der Waals surface area contributed by atoms with Crippen LogP contribution in [-0.4, -0.2) is 5.78 Å². The monoisotopic (exact) mass is 380 g/mol. The molecular weight excluding hydrogens is 364 g/mol. The van der Waals surface area contributed by atoms with Gasteiger partial charge in [0.05, 0.1) is 0 Å². The number of hydrogen-bond acceptors (Lipinski definition) is 1. The van der Waals surface area contributed by atoms with Crippen LogP contribution < -0.4 is 0 Å². The van der Waals surface area contributed by atoms with Crippen molar-refractivity contribution in [2.45, 2.75) is 11.3 Å². The van der Waals surface area contributed by atoms with E-state index in [4.69, 9.17) is 0 Å². The first-order valence-electron chi connectivity index (χ1n) is 10.5. The lowest BCUT2D eigenvalue weighted by molar-refractivity contribution is 0.0941. The van der Waals surface area contributed by atoms with Crippen LogP contribution in [0.3, 0.4) is 0 Å². The first-order valence-corrected chi connectivity index (χ1v) is 10.5. The number of fused-ring (bicyclic) bond motifs is 2. The predicted molar refractivity (Wildman–Crippen MR) is 119 cm³/mol. The molecule has 4 aliphatic rings. The Kier molecular flexibility index (Phi) is 2.38. The number of carbonyl (C=O) groups is 1. The number of rotatable bonds is 0. The standard InChI is InChI=1S/C29H16O/c30-28-26-18-8-2-1-7-16(18)15-17-13-14-21-25-19-9-3-5-11-22(19)29(28,27(21)24(17)26)23-12-6-4-10-20(23)25/h1-15,25H. The van der Waals surface area contributed by atoms with E-state index in [9.17, 15) is 4.79 Å². The maximum Gasteiger partial charge on any atom is 0.183 e. The first-order chi connectivity index (χ1) is 14.8. The molecule has 0 N–H and O–H groups in total. The van der Waals surface area contributed by atoms with Gasteiger partial charge in [0.15, 0.2) is 5.78 Å². The number of ketones is 1. The molecular formula is C29H16O. The summed E-state index contributed by atoms with van der Waals surface area (Å²) < 4.78 is 0. The van der Waals surface area contributed by atoms with Crippen LogP contribution in [-0.2, 0) is 5.41 Å². The molecule has 1 nitrogen and oxygen atoms in total. The molecule has 138 valence electrons. The molecule has 5 aromatic rings. The minimum absolute atomic E-state index is 0.198. The van der Waals surface area contributed by atoms with Crippen molar-refractivity contribution in [1.82, 2.24) is 0 Å². The van der Waals surface area contributed by atoms with Gasteiger partial charge in [0, 0.05) is 11.5 Å². The molecule has 5 aromatic carbocycles. The zero-order chi connectivity index (χ0) is 19.6. The molecule has 1 spiro atoms. The van der Waals surface area contributed by atoms with Crippen LogP contribution in [0.4, 0.5) is 0 Å². The highest BCUT2D eigenvalue weighted by Crippen LogP contribution is 2.64. The molecule has 30 heavy (non-hydrogen) atoms. The van der Waals surface area contributed by atoms with Gasteiger partial charge in [-0.05, 0) is 61.0 Å². The van der Waals surface area contributed by atoms with Gasteiger partial charge < -0.3 is 0 Å². The highest BCUT2D eigenvalue weighted by atomic mass is 16.1. The molecule has 0 aromatic heterocycles. The van der Waals surface area contributed by atoms with Gasteiger partial charge in [0.2, 0.25) is 0 Å². The summed E-state index contributed by atoms with van der Waals surface area (Å²) in [5, 5.41) is 4.56. The van der Waals surface area contributed by atoms with E-state index in [-0.39, 0.29) is 11.7 Å². The van der Waals surface area contributed by atoms with Gasteiger partial charge in [-0.3, -0.25) is 4.79 Å². The Morgan fingerprint density at radius 3 is 2.07 bits per heavy atom. The number of hydrogen-bond donors (Lipinski definition) is 0. The zero-order valence-electron chi connectivity index (χ0n) is 16.1. The molecule has 0 amide bonds. The number of benzene rings is 5. The van der Waals surface area contributed by atoms with Crippen LogP contribution >= 0.6 is 0 Å². The summed E-state index contributed by atoms with van der Waals surface area (Å²) in [5.74, 6) is 0.439. The molecule has 0 atom stereocenters. The van der Waals surface area contributed by atoms with Crippen molar-refractivity contribution in [2.75, 3.05) is 0 Å². The third kappa shape index (κ3) is 1.36. The van der Waals surface area contributed by atoms with Gasteiger partial charge in [0.25, 0.3) is 0 Å². The summed E-state index contributed by atoms with van der Waals surface area (Å²) in [6.45, 7) is 0. The molecule has 0 fully saturated rings. The van der Waals surface area contributed by atoms with Crippen molar-refractivity contribution < 1.29 is 4.79 Å². The van der Waals surface area contributed by atoms with E-state index in [1.165, 1.54) is 44.2 Å². The quantitative estimate of drug-likeness (QED) is 0.287. The average molecular weight is 380 g/mol. The summed E-state index contributed by atoms with van der Waals surface area (Å²) in [5.41, 5.74) is 7.67. The lowest BCUT2D eigenvalue weighted by atomic mass is 9.53. The molecule has 1 heteroatoms. The second-order valence-electron chi connectivity index (χ2n) is 8.79. The van der Waals surface area contributed by atoms with E-state index in [0.29, 0.717) is 0 Å². The van der Waals surface area contributed by atoms with Crippen molar-refractivity contribution in [3.8, 4) is 0 Å². The molecule has 0 radical (unpaired) electrons. The van der Waals surface area contributed by atoms with Gasteiger partial charge in [0.1, 0.15) is 5.41 Å². The smallest absolute Gasteiger partial charge is 0.183 e. The lowest BCUT2D eigenvalue weighted by Gasteiger charge is -2.47. The largest absolute Gasteiger partial charge is 0.292 e. The Labute approximate surface area is 173 Å². The normalized spacial score (nSPS) is 21.9. The van der Waals surface area contributed by atoms with E-state index in [0.717, 1.165) is 16.3 Å². The van der Waals surface area contributed by atoms with E-state index in [1.807, 2.05) is 6.07 Å². The molecule has 0 saturated carbocycles. The average Bonchev–Trinajstić information content (AvgIpc) is 3.09. The molecule has 0 saturated heterocycles. The SMILES string of the molecule is O=C1c2c3ccccc3cc3ccc4c(c23)C12c1ccccc1C4c1ccccc12. The highest BCUT2D eigenvalue weighted by Gasteiger charge is 2.60. The van der Waals surface area contributed by atoms with E-state index >= 15 is 0 Å². The second kappa shape index (κ2) is 4.71. The maximum absolute atomic E-state index is 14.6. The van der Waals surface area contributed by atoms with Gasteiger partial charge in [-0.25, -0.2) is 0 Å². The van der Waals surface area contributed by atoms with Crippen LogP contribution in [0.25, 0.3) is 21.5 Å². The fourth-order valence-electron chi connectivity index (χ4n) is 6.70. The van der Waals surface area contributed by atoms with E-state index in [1.54, 1.807) is 0 Å². The Hall–Kier alpha value is -3.71. The Morgan fingerprint density at radius 1 is 0.633 bits per heavy atom. The fourth-order valence-corrected chi connectivity index (χ4v) is 6.70. The summed E-state index contributed by atoms with van der Waals surface area (Å²) >= 11 is 0. The van der Waals surface area contributed by atoms with Gasteiger partial charge in [-0.15, -0.1) is 0 Å². The van der Waals surface area contributed by atoms with Crippen molar-refractivity contribution in [3.05, 3.63) is 130 Å². The van der Waals surface area contributed by atoms with Crippen molar-refractivity contribution in [3.63, 3.8) is 0 Å². The van der Waals surface area contributed by atoms with Crippen LogP contribution in [0, 0.1) is 0 Å². The Bertz CT molecular complexity index is 1570. The second-order valence-corrected chi connectivity index (χ2v) is 8.79. The first kappa shape index (κ1) is 15.2. The number of carbonyl (C=O) groups excluding carboxylic acids is 1. The van der Waals surface area contributed by atoms with Crippen molar-refractivity contribution in [2.24, 2.45) is 0 Å². The number of Topliss-reactive ketones (excluding diaryl/α,β-unsaturated/α-hetero) is 1. The minimum atomic E-state index is -0.719. The fraction of sp³-hybridized carbons (Fsp3) is 0.0690. The third-order valence-electron chi connectivity index (χ3n) is 7.67. The van der Waals surface area contributed by atoms with E-state index < -0.39 is 5.41 Å². The Balaban J connectivity index is 1.69. The van der Waals surface area contributed by atoms with Crippen LogP contribution in [0.5, 0.6) is 0 Å². The summed E-state index contributed by atoms with van der Waals surface area (Å²) in [4.78, 5) is 14.6. The van der Waals surface area contributed by atoms with Gasteiger partial charge >= 0.3 is 0 Å². The zero-order valence-corrected chi connectivity index (χ0v) is 16.1. The summed E-state index contributed by atoms with van der Waals surface area (Å²) in [7, 11) is 0. The lowest BCUT2D eigenvalue weighted by Crippen LogP contribution is -2.45. The molecule has 9 rings (SSSR count). The highest BCUT2D eigenvalue weighted by molar-refractivity contribution is 6.31. The topological polar surface area (TPSA) is 17.1 Å². The van der Waals surface area contributed by atoms with Crippen LogP contribution in [0.15, 0.2) is 91.0 Å². The molecule has 0 unspecified atom stereocenters. The summed E-state index contributed by atoms with van der Waals surface area (Å²) in [6, 6.07) is 32.3. The van der Waals surface area contributed by atoms with Crippen molar-refractivity contribution >= 4 is 27.3 Å². The van der Waals surface area contributed by atoms with Crippen molar-refractivity contribution in [1.29, 1.82) is 0 Å². The third-order valence-corrected chi connectivity index (χ3v) is 7.67. The summed E-state index contributed by atoms with van der Waals surface area (Å²) in [6.07, 6.45) is 0. The van der Waals surface area contributed by atoms with E-state index in [2.05, 4.69) is 84.9 Å². The molecule has 2 bridgehead atoms. The molecule has 0 heterocycles. The molecule has 4 aliphatic carbocycles. The maximum atomic E-state index is 14.6. The van der Waals surface area contributed by atoms with Gasteiger partial charge in [-0.1, -0.05) is 84.9 Å². The minimum Gasteiger partial charge on any atom is -0.292 e. The van der Waals surface area contributed by atoms with Gasteiger partial charge in [-0.2, -0.15) is 0 Å². The Morgan fingerprint density at radius 2 is 1.30 bits per heavy atom.